The number of aromatic amines is 1. The standard InChI is InChI=1S/C24H26N6OS/c1-24(9-16-4-6-18-20(10-24)30(16)18)28(2)23-8-17-22(32-23)13-29(27-17)19-5-3-14(7-21(19)31)15-11-25-26-12-15/h3,5,7-8,11-13,16,18,20,31H,4,6,9-10H2,1-2H3,(H,25,26)/t16-,18+,20?,24-,30?/m1/s1. The Morgan fingerprint density at radius 3 is 2.84 bits per heavy atom. The number of anilines is 1. The zero-order valence-corrected chi connectivity index (χ0v) is 19.0. The molecule has 8 heteroatoms. The van der Waals surface area contributed by atoms with Gasteiger partial charge in [-0.25, -0.2) is 4.68 Å². The van der Waals surface area contributed by atoms with Gasteiger partial charge in [-0.05, 0) is 50.3 Å². The molecule has 0 radical (unpaired) electrons. The van der Waals surface area contributed by atoms with Crippen molar-refractivity contribution in [1.29, 1.82) is 0 Å². The number of aromatic nitrogens is 4. The van der Waals surface area contributed by atoms with Crippen LogP contribution in [-0.2, 0) is 0 Å². The molecule has 0 amide bonds. The van der Waals surface area contributed by atoms with E-state index in [2.05, 4.69) is 40.0 Å². The largest absolute Gasteiger partial charge is 0.506 e. The molecule has 3 fully saturated rings. The summed E-state index contributed by atoms with van der Waals surface area (Å²) in [7, 11) is 2.25. The minimum atomic E-state index is 0.204. The molecule has 6 heterocycles. The van der Waals surface area contributed by atoms with Gasteiger partial charge in [-0.2, -0.15) is 10.2 Å². The van der Waals surface area contributed by atoms with E-state index in [0.717, 1.165) is 39.5 Å². The van der Waals surface area contributed by atoms with Crippen LogP contribution in [0.3, 0.4) is 0 Å². The Balaban J connectivity index is 1.16. The number of phenolic OH excluding ortho intramolecular Hbond substituents is 1. The first kappa shape index (κ1) is 18.7. The fraction of sp³-hybridized carbons (Fsp3) is 0.417. The summed E-state index contributed by atoms with van der Waals surface area (Å²) in [5.74, 6) is 0.204. The maximum atomic E-state index is 10.6. The molecular formula is C24H26N6OS. The highest BCUT2D eigenvalue weighted by molar-refractivity contribution is 7.22. The van der Waals surface area contributed by atoms with E-state index in [1.54, 1.807) is 28.3 Å². The fourth-order valence-corrected chi connectivity index (χ4v) is 7.30. The van der Waals surface area contributed by atoms with E-state index < -0.39 is 0 Å². The molecule has 4 aromatic rings. The topological polar surface area (TPSA) is 73.0 Å². The van der Waals surface area contributed by atoms with Crippen molar-refractivity contribution in [2.45, 2.75) is 56.3 Å². The summed E-state index contributed by atoms with van der Waals surface area (Å²) >= 11 is 1.79. The molecule has 0 saturated carbocycles. The predicted octanol–water partition coefficient (Wildman–Crippen LogP) is 4.39. The van der Waals surface area contributed by atoms with Crippen molar-refractivity contribution in [3.8, 4) is 22.6 Å². The van der Waals surface area contributed by atoms with Crippen LogP contribution >= 0.6 is 11.3 Å². The zero-order chi connectivity index (χ0) is 21.6. The zero-order valence-electron chi connectivity index (χ0n) is 18.2. The maximum Gasteiger partial charge on any atom is 0.141 e. The lowest BCUT2D eigenvalue weighted by Crippen LogP contribution is -2.51. The molecule has 0 aliphatic carbocycles. The average molecular weight is 447 g/mol. The maximum absolute atomic E-state index is 10.6. The SMILES string of the molecule is CN(c1cc2nn(-c3ccc(-c4cn[nH]c4)cc3O)cc2s1)[C@@]1(C)CC2[C@@H]3CC[C@H](C1)N23. The Hall–Kier alpha value is -2.84. The van der Waals surface area contributed by atoms with Crippen molar-refractivity contribution in [3.05, 3.63) is 42.9 Å². The third kappa shape index (κ3) is 2.62. The first-order valence-electron chi connectivity index (χ1n) is 11.3. The molecule has 32 heavy (non-hydrogen) atoms. The lowest BCUT2D eigenvalue weighted by atomic mass is 9.81. The minimum Gasteiger partial charge on any atom is -0.506 e. The summed E-state index contributed by atoms with van der Waals surface area (Å²) in [5, 5.41) is 23.5. The van der Waals surface area contributed by atoms with Gasteiger partial charge < -0.3 is 10.0 Å². The van der Waals surface area contributed by atoms with Crippen LogP contribution in [0.25, 0.3) is 27.0 Å². The summed E-state index contributed by atoms with van der Waals surface area (Å²) in [6, 6.07) is 10.3. The predicted molar refractivity (Wildman–Crippen MR) is 127 cm³/mol. The number of aromatic hydroxyl groups is 1. The van der Waals surface area contributed by atoms with Gasteiger partial charge in [0.15, 0.2) is 0 Å². The Morgan fingerprint density at radius 2 is 2.09 bits per heavy atom. The molecule has 0 spiro atoms. The molecule has 2 N–H and O–H groups in total. The Labute approximate surface area is 190 Å². The smallest absolute Gasteiger partial charge is 0.141 e. The molecule has 2 unspecified atom stereocenters. The van der Waals surface area contributed by atoms with Crippen molar-refractivity contribution < 1.29 is 5.11 Å². The molecule has 164 valence electrons. The number of fused-ring (bicyclic) bond motifs is 2. The second-order valence-corrected chi connectivity index (χ2v) is 10.9. The summed E-state index contributed by atoms with van der Waals surface area (Å²) in [4.78, 5) is 5.27. The summed E-state index contributed by atoms with van der Waals surface area (Å²) < 4.78 is 2.92. The number of nitrogens with zero attached hydrogens (tertiary/aromatic N) is 5. The third-order valence-corrected chi connectivity index (χ3v) is 9.17. The number of piperidine rings is 2. The highest BCUT2D eigenvalue weighted by Gasteiger charge is 2.62. The van der Waals surface area contributed by atoms with Crippen LogP contribution in [-0.4, -0.2) is 60.7 Å². The minimum absolute atomic E-state index is 0.204. The summed E-state index contributed by atoms with van der Waals surface area (Å²) in [5.41, 5.74) is 3.73. The normalized spacial score (nSPS) is 30.6. The van der Waals surface area contributed by atoms with Crippen LogP contribution in [0, 0.1) is 0 Å². The van der Waals surface area contributed by atoms with E-state index >= 15 is 0 Å². The van der Waals surface area contributed by atoms with Gasteiger partial charge >= 0.3 is 0 Å². The van der Waals surface area contributed by atoms with Crippen LogP contribution in [0.4, 0.5) is 5.00 Å². The molecule has 5 atom stereocenters. The van der Waals surface area contributed by atoms with Crippen molar-refractivity contribution in [3.63, 3.8) is 0 Å². The van der Waals surface area contributed by atoms with Gasteiger partial charge in [0.25, 0.3) is 0 Å². The lowest BCUT2D eigenvalue weighted by Gasteiger charge is -2.45. The number of hydrogen-bond donors (Lipinski definition) is 2. The number of benzene rings is 1. The van der Waals surface area contributed by atoms with Crippen molar-refractivity contribution in [1.82, 2.24) is 24.9 Å². The van der Waals surface area contributed by atoms with Crippen LogP contribution in [0.1, 0.15) is 32.6 Å². The highest BCUT2D eigenvalue weighted by atomic mass is 32.1. The van der Waals surface area contributed by atoms with Crippen LogP contribution in [0.15, 0.2) is 42.9 Å². The number of hydrogen-bond acceptors (Lipinski definition) is 6. The monoisotopic (exact) mass is 446 g/mol. The summed E-state index contributed by atoms with van der Waals surface area (Å²) in [6.45, 7) is 2.44. The second kappa shape index (κ2) is 6.36. The molecule has 0 bridgehead atoms. The molecule has 3 saturated heterocycles. The number of H-pyrrole nitrogens is 1. The third-order valence-electron chi connectivity index (χ3n) is 8.04. The first-order valence-corrected chi connectivity index (χ1v) is 12.1. The van der Waals surface area contributed by atoms with E-state index in [0.29, 0.717) is 5.69 Å². The Kier molecular flexibility index (Phi) is 3.72. The molecular weight excluding hydrogens is 420 g/mol. The number of phenols is 1. The van der Waals surface area contributed by atoms with Crippen molar-refractivity contribution in [2.24, 2.45) is 0 Å². The average Bonchev–Trinajstić information content (AvgIpc) is 3.31. The van der Waals surface area contributed by atoms with Gasteiger partial charge in [-0.1, -0.05) is 6.07 Å². The van der Waals surface area contributed by atoms with Crippen LogP contribution in [0.2, 0.25) is 0 Å². The van der Waals surface area contributed by atoms with Crippen molar-refractivity contribution >= 4 is 26.6 Å². The van der Waals surface area contributed by atoms with Gasteiger partial charge in [0.1, 0.15) is 17.0 Å². The molecule has 3 aromatic heterocycles. The molecule has 3 aliphatic rings. The lowest BCUT2D eigenvalue weighted by molar-refractivity contribution is 0.211. The van der Waals surface area contributed by atoms with Crippen molar-refractivity contribution in [2.75, 3.05) is 11.9 Å². The number of rotatable bonds is 4. The first-order chi connectivity index (χ1) is 15.5. The van der Waals surface area contributed by atoms with Gasteiger partial charge in [0, 0.05) is 54.7 Å². The summed E-state index contributed by atoms with van der Waals surface area (Å²) in [6.07, 6.45) is 10.9. The van der Waals surface area contributed by atoms with E-state index in [1.165, 1.54) is 30.7 Å². The molecule has 7 nitrogen and oxygen atoms in total. The van der Waals surface area contributed by atoms with Crippen LogP contribution in [0.5, 0.6) is 5.75 Å². The molecule has 7 rings (SSSR count). The number of nitrogens with one attached hydrogen (secondary N) is 1. The fourth-order valence-electron chi connectivity index (χ4n) is 6.19. The van der Waals surface area contributed by atoms with E-state index in [1.807, 2.05) is 24.5 Å². The van der Waals surface area contributed by atoms with E-state index in [4.69, 9.17) is 5.10 Å². The van der Waals surface area contributed by atoms with E-state index in [9.17, 15) is 5.11 Å². The Bertz CT molecular complexity index is 1290. The van der Waals surface area contributed by atoms with Crippen LogP contribution < -0.4 is 4.90 Å². The van der Waals surface area contributed by atoms with E-state index in [-0.39, 0.29) is 11.3 Å². The number of thiophene rings is 1. The second-order valence-electron chi connectivity index (χ2n) is 9.88. The Morgan fingerprint density at radius 1 is 1.19 bits per heavy atom. The van der Waals surface area contributed by atoms with Gasteiger partial charge in [0.05, 0.1) is 15.9 Å². The quantitative estimate of drug-likeness (QED) is 0.455. The molecule has 1 aromatic carbocycles. The van der Waals surface area contributed by atoms with Gasteiger partial charge in [0.2, 0.25) is 0 Å². The molecule has 3 aliphatic heterocycles. The van der Waals surface area contributed by atoms with Gasteiger partial charge in [-0.15, -0.1) is 11.3 Å². The highest BCUT2D eigenvalue weighted by Crippen LogP contribution is 2.55. The van der Waals surface area contributed by atoms with Gasteiger partial charge in [-0.3, -0.25) is 10.00 Å².